The van der Waals surface area contributed by atoms with Gasteiger partial charge in [0.05, 0.1) is 0 Å². The van der Waals surface area contributed by atoms with Crippen LogP contribution in [0.3, 0.4) is 0 Å². The van der Waals surface area contributed by atoms with Crippen molar-refractivity contribution in [2.24, 2.45) is 12.1 Å². The number of tetrazole rings is 1. The fourth-order valence-electron chi connectivity index (χ4n) is 3.31. The lowest BCUT2D eigenvalue weighted by molar-refractivity contribution is -0.150. The van der Waals surface area contributed by atoms with E-state index in [4.69, 9.17) is 10.8 Å². The molecular formula is C17H18N10O6S3. The minimum absolute atomic E-state index is 0.0940. The van der Waals surface area contributed by atoms with E-state index < -0.39 is 41.7 Å². The van der Waals surface area contributed by atoms with Gasteiger partial charge in [0.15, 0.2) is 10.8 Å². The number of thiazole rings is 1. The Morgan fingerprint density at radius 1 is 1.36 bits per heavy atom. The summed E-state index contributed by atoms with van der Waals surface area (Å²) in [4.78, 5) is 53.8. The second-order valence-corrected chi connectivity index (χ2v) is 10.2. The van der Waals surface area contributed by atoms with Gasteiger partial charge in [0.1, 0.15) is 29.4 Å². The first-order chi connectivity index (χ1) is 17.2. The van der Waals surface area contributed by atoms with Crippen LogP contribution in [0.4, 0.5) is 5.13 Å². The molecule has 0 unspecified atom stereocenters. The molecule has 2 atom stereocenters. The summed E-state index contributed by atoms with van der Waals surface area (Å²) in [6, 6.07) is -1.02. The Balaban J connectivity index is 1.49. The van der Waals surface area contributed by atoms with Gasteiger partial charge in [-0.2, -0.15) is 5.10 Å². The van der Waals surface area contributed by atoms with Crippen molar-refractivity contribution in [1.82, 2.24) is 40.8 Å². The quantitative estimate of drug-likeness (QED) is 0.0940. The van der Waals surface area contributed by atoms with E-state index in [2.05, 4.69) is 36.4 Å². The molecule has 2 aromatic heterocycles. The standard InChI is InChI=1S/C17H18N10O6S3/c1-26-17(23-24-25-26)36-4-6-3-34-14-10(13(31)27(14)11(6)15(32)33)21-12(30)9(22-19-2-8(28)29)7-5-35-16(18)20-7/h5,10,14,19H,2-4H2,1H3,(H2,18,20)(H,21,30)(H,28,29)(H,32,33)/b22-9+/t10-,14-/m1/s1. The van der Waals surface area contributed by atoms with Crippen LogP contribution in [0.25, 0.3) is 0 Å². The molecule has 1 saturated heterocycles. The molecule has 190 valence electrons. The molecule has 2 aliphatic rings. The molecule has 6 N–H and O–H groups in total. The molecule has 36 heavy (non-hydrogen) atoms. The van der Waals surface area contributed by atoms with E-state index in [-0.39, 0.29) is 28.0 Å². The molecule has 19 heteroatoms. The predicted molar refractivity (Wildman–Crippen MR) is 128 cm³/mol. The second-order valence-electron chi connectivity index (χ2n) is 7.25. The summed E-state index contributed by atoms with van der Waals surface area (Å²) in [5.74, 6) is -3.29. The smallest absolute Gasteiger partial charge is 0.352 e. The van der Waals surface area contributed by atoms with Crippen molar-refractivity contribution in [2.75, 3.05) is 23.8 Å². The van der Waals surface area contributed by atoms with Gasteiger partial charge in [-0.15, -0.1) is 28.2 Å². The average Bonchev–Trinajstić information content (AvgIpc) is 3.45. The van der Waals surface area contributed by atoms with Gasteiger partial charge in [-0.25, -0.2) is 14.5 Å². The molecule has 2 amide bonds. The molecule has 1 fully saturated rings. The number of nitrogens with two attached hydrogens (primary N) is 1. The van der Waals surface area contributed by atoms with Crippen molar-refractivity contribution >= 4 is 69.5 Å². The number of aromatic nitrogens is 5. The molecule has 4 rings (SSSR count). The zero-order chi connectivity index (χ0) is 26.0. The summed E-state index contributed by atoms with van der Waals surface area (Å²) in [6.07, 6.45) is 0. The van der Waals surface area contributed by atoms with Crippen molar-refractivity contribution in [3.05, 3.63) is 22.3 Å². The number of anilines is 1. The van der Waals surface area contributed by atoms with Crippen LogP contribution >= 0.6 is 34.9 Å². The normalized spacial score (nSPS) is 19.5. The second kappa shape index (κ2) is 10.5. The Kier molecular flexibility index (Phi) is 7.40. The van der Waals surface area contributed by atoms with Crippen molar-refractivity contribution in [3.63, 3.8) is 0 Å². The largest absolute Gasteiger partial charge is 0.480 e. The SMILES string of the molecule is Cn1nnnc1SCC1=C(C(=O)O)N2C(=O)[C@@H](NC(=O)/C(=N/NCC(=O)O)c3csc(N)n3)[C@H]2SC1. The number of rotatable bonds is 10. The lowest BCUT2D eigenvalue weighted by Crippen LogP contribution is -2.71. The molecule has 0 aliphatic carbocycles. The number of carboxylic acids is 2. The number of aliphatic carboxylic acids is 2. The summed E-state index contributed by atoms with van der Waals surface area (Å²) in [5.41, 5.74) is 8.10. The summed E-state index contributed by atoms with van der Waals surface area (Å²) < 4.78 is 1.45. The first kappa shape index (κ1) is 25.4. The van der Waals surface area contributed by atoms with Crippen molar-refractivity contribution in [3.8, 4) is 0 Å². The van der Waals surface area contributed by atoms with Gasteiger partial charge in [-0.1, -0.05) is 11.8 Å². The summed E-state index contributed by atoms with van der Waals surface area (Å²) >= 11 is 3.59. The van der Waals surface area contributed by atoms with Crippen LogP contribution in [-0.4, -0.2) is 99.2 Å². The van der Waals surface area contributed by atoms with E-state index in [1.807, 2.05) is 0 Å². The Bertz CT molecular complexity index is 1290. The number of carbonyl (C=O) groups is 4. The highest BCUT2D eigenvalue weighted by atomic mass is 32.2. The third-order valence-electron chi connectivity index (χ3n) is 4.89. The van der Waals surface area contributed by atoms with E-state index in [0.717, 1.165) is 16.2 Å². The minimum atomic E-state index is -1.26. The fourth-order valence-corrected chi connectivity index (χ4v) is 6.19. The first-order valence-corrected chi connectivity index (χ1v) is 12.9. The third kappa shape index (κ3) is 5.11. The topological polar surface area (TPSA) is 231 Å². The number of thioether (sulfide) groups is 2. The Morgan fingerprint density at radius 3 is 2.75 bits per heavy atom. The highest BCUT2D eigenvalue weighted by molar-refractivity contribution is 8.01. The lowest BCUT2D eigenvalue weighted by Gasteiger charge is -2.49. The first-order valence-electron chi connectivity index (χ1n) is 9.97. The number of amides is 2. The number of carboxylic acid groups (broad SMARTS) is 2. The summed E-state index contributed by atoms with van der Waals surface area (Å²) in [5, 5.41) is 37.6. The van der Waals surface area contributed by atoms with Crippen LogP contribution in [-0.2, 0) is 26.2 Å². The van der Waals surface area contributed by atoms with Crippen LogP contribution in [0, 0.1) is 0 Å². The summed E-state index contributed by atoms with van der Waals surface area (Å²) in [7, 11) is 1.65. The molecule has 4 heterocycles. The van der Waals surface area contributed by atoms with Crippen LogP contribution in [0.15, 0.2) is 26.9 Å². The van der Waals surface area contributed by atoms with E-state index in [1.54, 1.807) is 7.05 Å². The highest BCUT2D eigenvalue weighted by Gasteiger charge is 2.54. The number of carbonyl (C=O) groups excluding carboxylic acids is 2. The van der Waals surface area contributed by atoms with E-state index in [0.29, 0.717) is 16.5 Å². The Morgan fingerprint density at radius 2 is 2.14 bits per heavy atom. The molecule has 0 saturated carbocycles. The maximum absolute atomic E-state index is 13.0. The molecule has 16 nitrogen and oxygen atoms in total. The van der Waals surface area contributed by atoms with Crippen molar-refractivity contribution in [2.45, 2.75) is 16.6 Å². The van der Waals surface area contributed by atoms with E-state index in [1.165, 1.54) is 33.6 Å². The molecule has 0 radical (unpaired) electrons. The third-order valence-corrected chi connectivity index (χ3v) is 8.00. The van der Waals surface area contributed by atoms with Gasteiger partial charge >= 0.3 is 11.9 Å². The van der Waals surface area contributed by atoms with Crippen LogP contribution in [0.2, 0.25) is 0 Å². The minimum Gasteiger partial charge on any atom is -0.480 e. The van der Waals surface area contributed by atoms with Gasteiger partial charge in [0.25, 0.3) is 11.8 Å². The number of aryl methyl sites for hydroxylation is 1. The Labute approximate surface area is 214 Å². The van der Waals surface area contributed by atoms with Gasteiger partial charge in [0.2, 0.25) is 5.16 Å². The number of nitrogens with one attached hydrogen (secondary N) is 2. The monoisotopic (exact) mass is 554 g/mol. The maximum atomic E-state index is 13.0. The van der Waals surface area contributed by atoms with E-state index >= 15 is 0 Å². The number of fused-ring (bicyclic) bond motifs is 1. The van der Waals surface area contributed by atoms with E-state index in [9.17, 15) is 24.3 Å². The van der Waals surface area contributed by atoms with Gasteiger partial charge in [0, 0.05) is 23.9 Å². The molecule has 2 aliphatic heterocycles. The molecule has 0 aromatic carbocycles. The number of hydrogen-bond acceptors (Lipinski definition) is 14. The highest BCUT2D eigenvalue weighted by Crippen LogP contribution is 2.41. The number of hydrogen-bond donors (Lipinski definition) is 5. The molecular weight excluding hydrogens is 536 g/mol. The number of hydrazone groups is 1. The van der Waals surface area contributed by atoms with Crippen LogP contribution in [0.1, 0.15) is 5.69 Å². The Hall–Kier alpha value is -3.71. The summed E-state index contributed by atoms with van der Waals surface area (Å²) in [6.45, 7) is -0.553. The average molecular weight is 555 g/mol. The van der Waals surface area contributed by atoms with Crippen LogP contribution in [0.5, 0.6) is 0 Å². The van der Waals surface area contributed by atoms with Gasteiger partial charge < -0.3 is 21.3 Å². The molecule has 0 spiro atoms. The molecule has 0 bridgehead atoms. The van der Waals surface area contributed by atoms with Crippen molar-refractivity contribution in [1.29, 1.82) is 0 Å². The predicted octanol–water partition coefficient (Wildman–Crippen LogP) is -1.84. The number of nitrogen functional groups attached to an aromatic ring is 1. The zero-order valence-electron chi connectivity index (χ0n) is 18.3. The maximum Gasteiger partial charge on any atom is 0.352 e. The van der Waals surface area contributed by atoms with Gasteiger partial charge in [-0.3, -0.25) is 24.7 Å². The molecule has 2 aromatic rings. The number of β-lactam (4-membered cyclic amide) rings is 1. The van der Waals surface area contributed by atoms with Crippen molar-refractivity contribution < 1.29 is 29.4 Å². The van der Waals surface area contributed by atoms with Gasteiger partial charge in [-0.05, 0) is 16.0 Å². The number of nitrogens with zero attached hydrogens (tertiary/aromatic N) is 7. The lowest BCUT2D eigenvalue weighted by atomic mass is 10.0. The fraction of sp³-hybridized carbons (Fsp3) is 0.353. The van der Waals surface area contributed by atoms with Crippen LogP contribution < -0.4 is 16.5 Å². The zero-order valence-corrected chi connectivity index (χ0v) is 20.8.